The summed E-state index contributed by atoms with van der Waals surface area (Å²) in [4.78, 5) is 54.9. The fourth-order valence-corrected chi connectivity index (χ4v) is 6.34. The lowest BCUT2D eigenvalue weighted by Gasteiger charge is -2.27. The van der Waals surface area contributed by atoms with Crippen LogP contribution in [0.3, 0.4) is 0 Å². The second kappa shape index (κ2) is 11.2. The number of hydrogen-bond donors (Lipinski definition) is 2. The van der Waals surface area contributed by atoms with E-state index in [4.69, 9.17) is 0 Å². The number of nitrogens with zero attached hydrogens (tertiary/aromatic N) is 6. The van der Waals surface area contributed by atoms with Gasteiger partial charge in [0.1, 0.15) is 34.5 Å². The molecule has 1 aromatic carbocycles. The van der Waals surface area contributed by atoms with Crippen molar-refractivity contribution in [3.63, 3.8) is 0 Å². The number of fused-ring (bicyclic) bond motifs is 2. The fraction of sp³-hybridized carbons (Fsp3) is 0.387. The van der Waals surface area contributed by atoms with Crippen LogP contribution >= 0.6 is 15.9 Å². The van der Waals surface area contributed by atoms with Crippen molar-refractivity contribution in [2.45, 2.75) is 65.7 Å². The second-order valence-corrected chi connectivity index (χ2v) is 12.4. The van der Waals surface area contributed by atoms with Gasteiger partial charge in [-0.15, -0.1) is 0 Å². The molecular formula is C31H33BrN8O3. The standard InChI is InChI=1S/C31H33BrN8O3/c1-5-33-13-20-7-9-26(32)36-29(20)37-30(43)24-11-31(4)12-25(31)40(24)27(42)16-39-23-8-6-19(21-14-34-18(3)35-15-21)10-22(23)28(38-39)17(2)41/h6-10,14-15,24-25,33H,5,11-13,16H2,1-4H3,(H,36,37,43)/t24-,25+,31-/m0/s1. The molecule has 12 heteroatoms. The van der Waals surface area contributed by atoms with Gasteiger partial charge in [-0.2, -0.15) is 5.10 Å². The number of amides is 2. The molecule has 0 bridgehead atoms. The Balaban J connectivity index is 1.27. The summed E-state index contributed by atoms with van der Waals surface area (Å²) in [5.41, 5.74) is 3.39. The predicted molar refractivity (Wildman–Crippen MR) is 165 cm³/mol. The van der Waals surface area contributed by atoms with E-state index in [1.54, 1.807) is 22.0 Å². The molecule has 2 N–H and O–H groups in total. The van der Waals surface area contributed by atoms with E-state index in [1.807, 2.05) is 44.2 Å². The largest absolute Gasteiger partial charge is 0.325 e. The van der Waals surface area contributed by atoms with E-state index in [1.165, 1.54) is 6.92 Å². The molecular weight excluding hydrogens is 612 g/mol. The maximum Gasteiger partial charge on any atom is 0.248 e. The van der Waals surface area contributed by atoms with Crippen LogP contribution in [0.4, 0.5) is 5.82 Å². The smallest absolute Gasteiger partial charge is 0.248 e. The van der Waals surface area contributed by atoms with Crippen LogP contribution in [0, 0.1) is 12.3 Å². The summed E-state index contributed by atoms with van der Waals surface area (Å²) in [5.74, 6) is 0.471. The molecule has 0 spiro atoms. The monoisotopic (exact) mass is 644 g/mol. The summed E-state index contributed by atoms with van der Waals surface area (Å²) in [5, 5.41) is 11.5. The number of aryl methyl sites for hydroxylation is 1. The Kier molecular flexibility index (Phi) is 7.59. The van der Waals surface area contributed by atoms with Crippen LogP contribution in [0.15, 0.2) is 47.3 Å². The summed E-state index contributed by atoms with van der Waals surface area (Å²) in [6, 6.07) is 8.75. The minimum Gasteiger partial charge on any atom is -0.325 e. The van der Waals surface area contributed by atoms with Gasteiger partial charge in [0.05, 0.1) is 5.52 Å². The number of benzene rings is 1. The van der Waals surface area contributed by atoms with Crippen LogP contribution in [-0.4, -0.2) is 65.9 Å². The van der Waals surface area contributed by atoms with Gasteiger partial charge in [-0.3, -0.25) is 19.1 Å². The molecule has 3 atom stereocenters. The molecule has 1 saturated carbocycles. The molecule has 4 heterocycles. The van der Waals surface area contributed by atoms with Gasteiger partial charge in [0.15, 0.2) is 5.78 Å². The van der Waals surface area contributed by atoms with Crippen molar-refractivity contribution in [3.05, 3.63) is 64.4 Å². The van der Waals surface area contributed by atoms with Crippen LogP contribution in [0.5, 0.6) is 0 Å². The Morgan fingerprint density at radius 2 is 1.86 bits per heavy atom. The first-order chi connectivity index (χ1) is 20.6. The number of piperidine rings is 1. The highest BCUT2D eigenvalue weighted by atomic mass is 79.9. The second-order valence-electron chi connectivity index (χ2n) is 11.6. The zero-order valence-corrected chi connectivity index (χ0v) is 26.1. The lowest BCUT2D eigenvalue weighted by molar-refractivity contribution is -0.138. The average molecular weight is 646 g/mol. The quantitative estimate of drug-likeness (QED) is 0.204. The zero-order chi connectivity index (χ0) is 30.5. The van der Waals surface area contributed by atoms with Gasteiger partial charge in [-0.1, -0.05) is 26.0 Å². The third-order valence-corrected chi connectivity index (χ3v) is 8.90. The van der Waals surface area contributed by atoms with Crippen molar-refractivity contribution in [2.24, 2.45) is 5.41 Å². The van der Waals surface area contributed by atoms with Crippen molar-refractivity contribution in [1.82, 2.24) is 34.9 Å². The van der Waals surface area contributed by atoms with Gasteiger partial charge in [-0.25, -0.2) is 15.0 Å². The molecule has 1 aliphatic heterocycles. The highest BCUT2D eigenvalue weighted by Gasteiger charge is 2.64. The summed E-state index contributed by atoms with van der Waals surface area (Å²) in [7, 11) is 0. The molecule has 6 rings (SSSR count). The first kappa shape index (κ1) is 29.1. The topological polar surface area (TPSA) is 135 Å². The first-order valence-corrected chi connectivity index (χ1v) is 15.2. The number of aromatic nitrogens is 5. The number of ketones is 1. The number of carbonyl (C=O) groups excluding carboxylic acids is 3. The van der Waals surface area contributed by atoms with E-state index in [0.717, 1.165) is 29.7 Å². The Morgan fingerprint density at radius 3 is 2.58 bits per heavy atom. The molecule has 43 heavy (non-hydrogen) atoms. The minimum absolute atomic E-state index is 0.0188. The van der Waals surface area contributed by atoms with Crippen LogP contribution in [0.2, 0.25) is 0 Å². The van der Waals surface area contributed by atoms with Crippen molar-refractivity contribution < 1.29 is 14.4 Å². The Hall–Kier alpha value is -4.03. The van der Waals surface area contributed by atoms with Crippen molar-refractivity contribution in [1.29, 1.82) is 0 Å². The van der Waals surface area contributed by atoms with Gasteiger partial charge in [-0.05, 0) is 71.4 Å². The third-order valence-electron chi connectivity index (χ3n) is 8.46. The molecule has 4 aromatic rings. The highest BCUT2D eigenvalue weighted by molar-refractivity contribution is 9.10. The SMILES string of the molecule is CCNCc1ccc(Br)nc1NC(=O)[C@@H]1C[C@@]2(C)C[C@H]2N1C(=O)Cn1nc(C(C)=O)c2cc(-c3cnc(C)nc3)ccc21. The molecule has 1 saturated heterocycles. The number of anilines is 1. The number of carbonyl (C=O) groups is 3. The lowest BCUT2D eigenvalue weighted by atomic mass is 10.0. The Morgan fingerprint density at radius 1 is 1.09 bits per heavy atom. The average Bonchev–Trinajstić information content (AvgIpc) is 3.34. The van der Waals surface area contributed by atoms with Crippen LogP contribution in [0.1, 0.15) is 55.5 Å². The van der Waals surface area contributed by atoms with Crippen molar-refractivity contribution in [2.75, 3.05) is 11.9 Å². The van der Waals surface area contributed by atoms with Crippen LogP contribution < -0.4 is 10.6 Å². The summed E-state index contributed by atoms with van der Waals surface area (Å²) >= 11 is 3.40. The molecule has 2 amide bonds. The number of hydrogen-bond acceptors (Lipinski definition) is 8. The molecule has 2 fully saturated rings. The van der Waals surface area contributed by atoms with Crippen LogP contribution in [0.25, 0.3) is 22.0 Å². The van der Waals surface area contributed by atoms with Crippen LogP contribution in [-0.2, 0) is 22.7 Å². The number of nitrogens with one attached hydrogen (secondary N) is 2. The number of likely N-dealkylation sites (tertiary alicyclic amines) is 1. The number of halogens is 1. The van der Waals surface area contributed by atoms with Crippen molar-refractivity contribution in [3.8, 4) is 11.1 Å². The summed E-state index contributed by atoms with van der Waals surface area (Å²) in [6.07, 6.45) is 4.90. The van der Waals surface area contributed by atoms with Crippen molar-refractivity contribution >= 4 is 50.2 Å². The number of pyridine rings is 1. The maximum atomic E-state index is 13.9. The summed E-state index contributed by atoms with van der Waals surface area (Å²) < 4.78 is 2.18. The van der Waals surface area contributed by atoms with E-state index in [2.05, 4.69) is 53.5 Å². The van der Waals surface area contributed by atoms with Gasteiger partial charge in [0.2, 0.25) is 11.8 Å². The third kappa shape index (κ3) is 5.56. The fourth-order valence-electron chi connectivity index (χ4n) is 6.03. The lowest BCUT2D eigenvalue weighted by Crippen LogP contribution is -2.47. The van der Waals surface area contributed by atoms with Gasteiger partial charge in [0.25, 0.3) is 0 Å². The highest BCUT2D eigenvalue weighted by Crippen LogP contribution is 2.59. The van der Waals surface area contributed by atoms with Gasteiger partial charge < -0.3 is 15.5 Å². The molecule has 0 unspecified atom stereocenters. The molecule has 11 nitrogen and oxygen atoms in total. The first-order valence-electron chi connectivity index (χ1n) is 14.4. The predicted octanol–water partition coefficient (Wildman–Crippen LogP) is 4.29. The maximum absolute atomic E-state index is 13.9. The molecule has 222 valence electrons. The van der Waals surface area contributed by atoms with Gasteiger partial charge in [0, 0.05) is 48.4 Å². The molecule has 3 aromatic heterocycles. The van der Waals surface area contributed by atoms with Gasteiger partial charge >= 0.3 is 0 Å². The summed E-state index contributed by atoms with van der Waals surface area (Å²) in [6.45, 7) is 8.67. The van der Waals surface area contributed by atoms with E-state index < -0.39 is 6.04 Å². The number of rotatable bonds is 9. The van der Waals surface area contributed by atoms with E-state index in [9.17, 15) is 14.4 Å². The molecule has 2 aliphatic rings. The zero-order valence-electron chi connectivity index (χ0n) is 24.5. The normalized spacial score (nSPS) is 20.7. The molecule has 0 radical (unpaired) electrons. The van der Waals surface area contributed by atoms with E-state index in [0.29, 0.717) is 45.8 Å². The van der Waals surface area contributed by atoms with E-state index >= 15 is 0 Å². The Bertz CT molecular complexity index is 1750. The number of Topliss-reactive ketones (excluding diaryl/α,β-unsaturated/α-hetero) is 1. The van der Waals surface area contributed by atoms with E-state index in [-0.39, 0.29) is 35.6 Å². The minimum atomic E-state index is -0.633. The molecule has 1 aliphatic carbocycles. The Labute approximate surface area is 257 Å².